The summed E-state index contributed by atoms with van der Waals surface area (Å²) in [6, 6.07) is 0. The molecule has 2 nitrogen and oxygen atoms in total. The van der Waals surface area contributed by atoms with Gasteiger partial charge < -0.3 is 5.11 Å². The minimum atomic E-state index is -0.728. The highest BCUT2D eigenvalue weighted by molar-refractivity contribution is 6.08. The molecule has 0 fully saturated rings. The summed E-state index contributed by atoms with van der Waals surface area (Å²) in [5.74, 6) is 0.135. The predicted molar refractivity (Wildman–Crippen MR) is 61.6 cm³/mol. The maximum atomic E-state index is 11.9. The van der Waals surface area contributed by atoms with Crippen LogP contribution in [-0.2, 0) is 4.79 Å². The van der Waals surface area contributed by atoms with Crippen molar-refractivity contribution < 1.29 is 9.90 Å². The van der Waals surface area contributed by atoms with Crippen molar-refractivity contribution in [3.05, 3.63) is 59.3 Å². The second-order valence-corrected chi connectivity index (χ2v) is 4.25. The van der Waals surface area contributed by atoms with Crippen LogP contribution < -0.4 is 0 Å². The van der Waals surface area contributed by atoms with Crippen molar-refractivity contribution in [2.24, 2.45) is 5.92 Å². The molecule has 3 aliphatic rings. The molecule has 1 N–H and O–H groups in total. The van der Waals surface area contributed by atoms with Gasteiger partial charge in [0.2, 0.25) is 0 Å². The summed E-state index contributed by atoms with van der Waals surface area (Å²) in [6.07, 6.45) is 13.3. The molecule has 80 valence electrons. The average Bonchev–Trinajstić information content (AvgIpc) is 2.29. The molecule has 0 aliphatic heterocycles. The van der Waals surface area contributed by atoms with Crippen molar-refractivity contribution in [2.45, 2.75) is 12.5 Å². The molecular formula is C14H12O2. The van der Waals surface area contributed by atoms with E-state index in [0.29, 0.717) is 5.57 Å². The third-order valence-electron chi connectivity index (χ3n) is 3.30. The molecular weight excluding hydrogens is 200 g/mol. The fourth-order valence-corrected chi connectivity index (χ4v) is 2.56. The molecule has 0 radical (unpaired) electrons. The maximum absolute atomic E-state index is 11.9. The summed E-state index contributed by atoms with van der Waals surface area (Å²) in [7, 11) is 0. The minimum absolute atomic E-state index is 0.0435. The molecule has 3 rings (SSSR count). The lowest BCUT2D eigenvalue weighted by molar-refractivity contribution is -0.112. The van der Waals surface area contributed by atoms with E-state index in [1.165, 1.54) is 0 Å². The molecule has 0 amide bonds. The fourth-order valence-electron chi connectivity index (χ4n) is 2.56. The van der Waals surface area contributed by atoms with E-state index in [1.54, 1.807) is 12.2 Å². The van der Waals surface area contributed by atoms with E-state index in [2.05, 4.69) is 6.08 Å². The van der Waals surface area contributed by atoms with E-state index in [-0.39, 0.29) is 11.7 Å². The highest BCUT2D eigenvalue weighted by Gasteiger charge is 2.31. The van der Waals surface area contributed by atoms with Crippen LogP contribution in [0.4, 0.5) is 0 Å². The highest BCUT2D eigenvalue weighted by Crippen LogP contribution is 2.38. The van der Waals surface area contributed by atoms with Crippen molar-refractivity contribution in [3.8, 4) is 0 Å². The molecule has 0 saturated heterocycles. The van der Waals surface area contributed by atoms with Crippen LogP contribution in [0.1, 0.15) is 6.42 Å². The van der Waals surface area contributed by atoms with Gasteiger partial charge in [-0.3, -0.25) is 4.79 Å². The van der Waals surface area contributed by atoms with E-state index in [1.807, 2.05) is 24.3 Å². The van der Waals surface area contributed by atoms with E-state index < -0.39 is 6.10 Å². The number of fused-ring (bicyclic) bond motifs is 2. The second-order valence-electron chi connectivity index (χ2n) is 4.25. The van der Waals surface area contributed by atoms with Crippen LogP contribution >= 0.6 is 0 Å². The fraction of sp³-hybridized carbons (Fsp3) is 0.214. The average molecular weight is 212 g/mol. The van der Waals surface area contributed by atoms with E-state index in [4.69, 9.17) is 0 Å². The third kappa shape index (κ3) is 1.27. The number of aliphatic hydroxyl groups is 1. The smallest absolute Gasteiger partial charge is 0.185 e. The largest absolute Gasteiger partial charge is 0.384 e. The van der Waals surface area contributed by atoms with Gasteiger partial charge in [-0.1, -0.05) is 36.5 Å². The molecule has 2 atom stereocenters. The first-order valence-corrected chi connectivity index (χ1v) is 5.46. The number of allylic oxidation sites excluding steroid dienone is 8. The lowest BCUT2D eigenvalue weighted by Gasteiger charge is -2.30. The Labute approximate surface area is 94.0 Å². The number of ketones is 1. The summed E-state index contributed by atoms with van der Waals surface area (Å²) < 4.78 is 0. The van der Waals surface area contributed by atoms with E-state index in [9.17, 15) is 9.90 Å². The molecule has 0 aromatic rings. The summed E-state index contributed by atoms with van der Waals surface area (Å²) >= 11 is 0. The van der Waals surface area contributed by atoms with Crippen LogP contribution in [0.15, 0.2) is 59.3 Å². The van der Waals surface area contributed by atoms with Gasteiger partial charge in [0.05, 0.1) is 0 Å². The summed E-state index contributed by atoms with van der Waals surface area (Å²) in [6.45, 7) is 0. The van der Waals surface area contributed by atoms with Crippen LogP contribution in [-0.4, -0.2) is 17.0 Å². The van der Waals surface area contributed by atoms with Gasteiger partial charge >= 0.3 is 0 Å². The summed E-state index contributed by atoms with van der Waals surface area (Å²) in [5.41, 5.74) is 2.67. The van der Waals surface area contributed by atoms with Crippen LogP contribution in [0, 0.1) is 5.92 Å². The topological polar surface area (TPSA) is 37.3 Å². The van der Waals surface area contributed by atoms with Gasteiger partial charge in [-0.05, 0) is 23.6 Å². The van der Waals surface area contributed by atoms with Gasteiger partial charge in [0.15, 0.2) is 5.78 Å². The maximum Gasteiger partial charge on any atom is 0.185 e. The highest BCUT2D eigenvalue weighted by atomic mass is 16.3. The van der Waals surface area contributed by atoms with Crippen LogP contribution in [0.5, 0.6) is 0 Å². The van der Waals surface area contributed by atoms with E-state index >= 15 is 0 Å². The zero-order chi connectivity index (χ0) is 11.1. The Bertz CT molecular complexity index is 501. The van der Waals surface area contributed by atoms with Crippen molar-refractivity contribution in [2.75, 3.05) is 0 Å². The van der Waals surface area contributed by atoms with Crippen molar-refractivity contribution in [1.82, 2.24) is 0 Å². The molecule has 0 heterocycles. The van der Waals surface area contributed by atoms with E-state index in [0.717, 1.165) is 17.6 Å². The first kappa shape index (κ1) is 9.55. The molecule has 2 heteroatoms. The number of aliphatic hydroxyl groups excluding tert-OH is 1. The molecule has 0 aromatic carbocycles. The summed E-state index contributed by atoms with van der Waals surface area (Å²) in [5, 5.41) is 9.83. The van der Waals surface area contributed by atoms with Crippen LogP contribution in [0.25, 0.3) is 0 Å². The quantitative estimate of drug-likeness (QED) is 0.622. The number of rotatable bonds is 0. The zero-order valence-electron chi connectivity index (χ0n) is 8.76. The molecule has 0 aromatic heterocycles. The molecule has 0 bridgehead atoms. The second kappa shape index (κ2) is 3.42. The number of hydrogen-bond donors (Lipinski definition) is 1. The SMILES string of the molecule is O=C1C=C2C=CC=CC2C2=C1C(O)C=CC2. The van der Waals surface area contributed by atoms with Gasteiger partial charge in [-0.25, -0.2) is 0 Å². The Morgan fingerprint density at radius 2 is 2.12 bits per heavy atom. The van der Waals surface area contributed by atoms with Gasteiger partial charge in [-0.2, -0.15) is 0 Å². The first-order valence-electron chi connectivity index (χ1n) is 5.46. The third-order valence-corrected chi connectivity index (χ3v) is 3.30. The minimum Gasteiger partial charge on any atom is -0.384 e. The lowest BCUT2D eigenvalue weighted by Crippen LogP contribution is -2.27. The predicted octanol–water partition coefficient (Wildman–Crippen LogP) is 1.86. The Hall–Kier alpha value is -1.67. The normalized spacial score (nSPS) is 31.3. The van der Waals surface area contributed by atoms with Crippen molar-refractivity contribution in [3.63, 3.8) is 0 Å². The molecule has 0 spiro atoms. The van der Waals surface area contributed by atoms with Gasteiger partial charge in [0.1, 0.15) is 6.10 Å². The standard InChI is InChI=1S/C14H12O2/c15-12-7-3-6-11-10-5-2-1-4-9(10)8-13(16)14(11)12/h1-5,7-8,10,12,15H,6H2. The lowest BCUT2D eigenvalue weighted by atomic mass is 9.75. The van der Waals surface area contributed by atoms with Crippen molar-refractivity contribution >= 4 is 5.78 Å². The Morgan fingerprint density at radius 3 is 3.00 bits per heavy atom. The number of carbonyl (C=O) groups excluding carboxylic acids is 1. The van der Waals surface area contributed by atoms with Crippen LogP contribution in [0.2, 0.25) is 0 Å². The molecule has 3 aliphatic carbocycles. The van der Waals surface area contributed by atoms with Gasteiger partial charge in [0.25, 0.3) is 0 Å². The first-order chi connectivity index (χ1) is 7.77. The monoisotopic (exact) mass is 212 g/mol. The number of hydrogen-bond acceptors (Lipinski definition) is 2. The number of carbonyl (C=O) groups is 1. The van der Waals surface area contributed by atoms with Crippen LogP contribution in [0.3, 0.4) is 0 Å². The Morgan fingerprint density at radius 1 is 1.25 bits per heavy atom. The summed E-state index contributed by atoms with van der Waals surface area (Å²) in [4.78, 5) is 11.9. The Balaban J connectivity index is 2.11. The van der Waals surface area contributed by atoms with Gasteiger partial charge in [-0.15, -0.1) is 0 Å². The van der Waals surface area contributed by atoms with Gasteiger partial charge in [0, 0.05) is 11.5 Å². The molecule has 0 saturated carbocycles. The zero-order valence-corrected chi connectivity index (χ0v) is 8.76. The molecule has 16 heavy (non-hydrogen) atoms. The Kier molecular flexibility index (Phi) is 2.04. The molecule has 2 unspecified atom stereocenters. The van der Waals surface area contributed by atoms with Crippen molar-refractivity contribution in [1.29, 1.82) is 0 Å².